The van der Waals surface area contributed by atoms with E-state index in [-0.39, 0.29) is 22.5 Å². The Hall–Kier alpha value is -3.38. The van der Waals surface area contributed by atoms with E-state index in [1.54, 1.807) is 4.90 Å². The molecule has 0 radical (unpaired) electrons. The zero-order valence-corrected chi connectivity index (χ0v) is 17.8. The van der Waals surface area contributed by atoms with Crippen LogP contribution in [0.2, 0.25) is 5.15 Å². The third-order valence-electron chi connectivity index (χ3n) is 5.49. The van der Waals surface area contributed by atoms with E-state index in [1.165, 1.54) is 17.6 Å². The number of benzene rings is 2. The lowest BCUT2D eigenvalue weighted by atomic mass is 10.1. The molecule has 0 bridgehead atoms. The van der Waals surface area contributed by atoms with Gasteiger partial charge in [0.15, 0.2) is 0 Å². The van der Waals surface area contributed by atoms with E-state index in [4.69, 9.17) is 16.3 Å². The SMILES string of the molecule is CCCn1c(-c2ccccc2)cc2cc(N3CCOc4ncnc(Cl)c4C3=O)ccc21. The number of carbonyl (C=O) groups excluding carboxylic acids is 1. The number of carbonyl (C=O) groups is 1. The number of aromatic nitrogens is 3. The highest BCUT2D eigenvalue weighted by atomic mass is 35.5. The zero-order valence-electron chi connectivity index (χ0n) is 17.1. The molecule has 31 heavy (non-hydrogen) atoms. The maximum atomic E-state index is 13.3. The van der Waals surface area contributed by atoms with E-state index >= 15 is 0 Å². The lowest BCUT2D eigenvalue weighted by molar-refractivity contribution is 0.0989. The van der Waals surface area contributed by atoms with Crippen LogP contribution in [-0.4, -0.2) is 33.6 Å². The molecule has 4 aromatic rings. The number of anilines is 1. The number of rotatable bonds is 4. The van der Waals surface area contributed by atoms with E-state index in [2.05, 4.69) is 51.8 Å². The highest BCUT2D eigenvalue weighted by Crippen LogP contribution is 2.33. The van der Waals surface area contributed by atoms with Crippen LogP contribution in [0.25, 0.3) is 22.2 Å². The first kappa shape index (κ1) is 19.6. The third kappa shape index (κ3) is 3.43. The summed E-state index contributed by atoms with van der Waals surface area (Å²) in [5, 5.41) is 1.18. The molecule has 7 heteroatoms. The third-order valence-corrected chi connectivity index (χ3v) is 5.78. The summed E-state index contributed by atoms with van der Waals surface area (Å²) in [5.74, 6) is -0.0252. The van der Waals surface area contributed by atoms with Gasteiger partial charge in [0.2, 0.25) is 5.88 Å². The van der Waals surface area contributed by atoms with Crippen LogP contribution >= 0.6 is 11.6 Å². The average molecular weight is 433 g/mol. The fourth-order valence-electron chi connectivity index (χ4n) is 4.09. The van der Waals surface area contributed by atoms with E-state index in [0.29, 0.717) is 13.2 Å². The molecule has 1 aliphatic heterocycles. The van der Waals surface area contributed by atoms with Gasteiger partial charge in [0.1, 0.15) is 23.7 Å². The second-order valence-electron chi connectivity index (χ2n) is 7.44. The largest absolute Gasteiger partial charge is 0.475 e. The summed E-state index contributed by atoms with van der Waals surface area (Å²) in [5.41, 5.74) is 4.48. The van der Waals surface area contributed by atoms with Gasteiger partial charge in [-0.15, -0.1) is 0 Å². The number of halogens is 1. The fourth-order valence-corrected chi connectivity index (χ4v) is 4.30. The predicted molar refractivity (Wildman–Crippen MR) is 122 cm³/mol. The monoisotopic (exact) mass is 432 g/mol. The van der Waals surface area contributed by atoms with Gasteiger partial charge in [0.05, 0.1) is 6.54 Å². The topological polar surface area (TPSA) is 60.2 Å². The first-order valence-electron chi connectivity index (χ1n) is 10.3. The van der Waals surface area contributed by atoms with Crippen molar-refractivity contribution in [3.05, 3.63) is 71.6 Å². The van der Waals surface area contributed by atoms with Crippen molar-refractivity contribution in [3.63, 3.8) is 0 Å². The van der Waals surface area contributed by atoms with Crippen molar-refractivity contribution in [2.75, 3.05) is 18.1 Å². The van der Waals surface area contributed by atoms with Crippen LogP contribution < -0.4 is 9.64 Å². The Balaban J connectivity index is 1.60. The Morgan fingerprint density at radius 1 is 1.10 bits per heavy atom. The van der Waals surface area contributed by atoms with Gasteiger partial charge in [-0.2, -0.15) is 0 Å². The Morgan fingerprint density at radius 3 is 2.74 bits per heavy atom. The summed E-state index contributed by atoms with van der Waals surface area (Å²) >= 11 is 6.20. The van der Waals surface area contributed by atoms with Crippen molar-refractivity contribution in [1.29, 1.82) is 0 Å². The van der Waals surface area contributed by atoms with Gasteiger partial charge < -0.3 is 14.2 Å². The predicted octanol–water partition coefficient (Wildman–Crippen LogP) is 5.20. The minimum atomic E-state index is -0.256. The molecule has 2 aromatic heterocycles. The maximum absolute atomic E-state index is 13.3. The standard InChI is InChI=1S/C24H21ClN4O2/c1-2-10-29-19-9-8-18(13-17(19)14-20(29)16-6-4-3-5-7-16)28-11-12-31-23-21(24(28)30)22(25)26-15-27-23/h3-9,13-15H,2,10-12H2,1H3. The number of hydrogen-bond acceptors (Lipinski definition) is 4. The van der Waals surface area contributed by atoms with Gasteiger partial charge in [0, 0.05) is 28.8 Å². The van der Waals surface area contributed by atoms with Crippen molar-refractivity contribution in [2.24, 2.45) is 0 Å². The fraction of sp³-hybridized carbons (Fsp3) is 0.208. The minimum Gasteiger partial charge on any atom is -0.475 e. The molecular weight excluding hydrogens is 412 g/mol. The summed E-state index contributed by atoms with van der Waals surface area (Å²) in [7, 11) is 0. The van der Waals surface area contributed by atoms with Crippen LogP contribution in [0.15, 0.2) is 60.9 Å². The highest BCUT2D eigenvalue weighted by molar-refractivity contribution is 6.33. The quantitative estimate of drug-likeness (QED) is 0.416. The van der Waals surface area contributed by atoms with E-state index in [9.17, 15) is 4.79 Å². The number of amides is 1. The second kappa shape index (κ2) is 8.04. The van der Waals surface area contributed by atoms with Gasteiger partial charge in [-0.1, -0.05) is 48.9 Å². The Kier molecular flexibility index (Phi) is 5.08. The molecular formula is C24H21ClN4O2. The molecule has 0 fully saturated rings. The normalized spacial score (nSPS) is 13.7. The average Bonchev–Trinajstić information content (AvgIpc) is 3.05. The highest BCUT2D eigenvalue weighted by Gasteiger charge is 2.29. The molecule has 2 aromatic carbocycles. The van der Waals surface area contributed by atoms with Gasteiger partial charge in [0.25, 0.3) is 5.91 Å². The summed E-state index contributed by atoms with van der Waals surface area (Å²) in [6, 6.07) is 18.7. The summed E-state index contributed by atoms with van der Waals surface area (Å²) < 4.78 is 7.98. The number of hydrogen-bond donors (Lipinski definition) is 0. The number of aryl methyl sites for hydroxylation is 1. The molecule has 0 N–H and O–H groups in total. The molecule has 6 nitrogen and oxygen atoms in total. The van der Waals surface area contributed by atoms with E-state index in [0.717, 1.165) is 29.6 Å². The molecule has 1 aliphatic rings. The smallest absolute Gasteiger partial charge is 0.267 e. The van der Waals surface area contributed by atoms with Gasteiger partial charge in [-0.3, -0.25) is 4.79 Å². The first-order chi connectivity index (χ1) is 15.2. The molecule has 0 saturated carbocycles. The first-order valence-corrected chi connectivity index (χ1v) is 10.7. The zero-order chi connectivity index (χ0) is 21.4. The molecule has 156 valence electrons. The lowest BCUT2D eigenvalue weighted by Gasteiger charge is -2.20. The van der Waals surface area contributed by atoms with E-state index < -0.39 is 0 Å². The van der Waals surface area contributed by atoms with E-state index in [1.807, 2.05) is 24.3 Å². The Labute approximate surface area is 185 Å². The molecule has 0 spiro atoms. The number of ether oxygens (including phenoxy) is 1. The summed E-state index contributed by atoms with van der Waals surface area (Å²) in [6.45, 7) is 3.83. The van der Waals surface area contributed by atoms with Gasteiger partial charge in [-0.25, -0.2) is 9.97 Å². The van der Waals surface area contributed by atoms with Crippen LogP contribution in [0.1, 0.15) is 23.7 Å². The van der Waals surface area contributed by atoms with Crippen molar-refractivity contribution >= 4 is 34.1 Å². The van der Waals surface area contributed by atoms with Crippen LogP contribution in [-0.2, 0) is 6.54 Å². The molecule has 5 rings (SSSR count). The van der Waals surface area contributed by atoms with Crippen molar-refractivity contribution in [1.82, 2.24) is 14.5 Å². The Morgan fingerprint density at radius 2 is 1.94 bits per heavy atom. The Bertz CT molecular complexity index is 1270. The van der Waals surface area contributed by atoms with Crippen molar-refractivity contribution < 1.29 is 9.53 Å². The molecule has 3 heterocycles. The number of nitrogens with zero attached hydrogens (tertiary/aromatic N) is 4. The molecule has 0 unspecified atom stereocenters. The maximum Gasteiger partial charge on any atom is 0.267 e. The van der Waals surface area contributed by atoms with Crippen LogP contribution in [0.4, 0.5) is 5.69 Å². The minimum absolute atomic E-state index is 0.100. The molecule has 1 amide bonds. The van der Waals surface area contributed by atoms with Crippen molar-refractivity contribution in [3.8, 4) is 17.1 Å². The molecule has 0 aliphatic carbocycles. The molecule has 0 atom stereocenters. The van der Waals surface area contributed by atoms with Crippen LogP contribution in [0.3, 0.4) is 0 Å². The second-order valence-corrected chi connectivity index (χ2v) is 7.80. The van der Waals surface area contributed by atoms with Gasteiger partial charge >= 0.3 is 0 Å². The summed E-state index contributed by atoms with van der Waals surface area (Å²) in [4.78, 5) is 23.0. The molecule has 0 saturated heterocycles. The van der Waals surface area contributed by atoms with Crippen LogP contribution in [0, 0.1) is 0 Å². The lowest BCUT2D eigenvalue weighted by Crippen LogP contribution is -2.32. The van der Waals surface area contributed by atoms with Gasteiger partial charge in [-0.05, 0) is 36.2 Å². The summed E-state index contributed by atoms with van der Waals surface area (Å²) in [6.07, 6.45) is 2.33. The number of fused-ring (bicyclic) bond motifs is 2. The van der Waals surface area contributed by atoms with Crippen LogP contribution in [0.5, 0.6) is 5.88 Å². The van der Waals surface area contributed by atoms with Crippen molar-refractivity contribution in [2.45, 2.75) is 19.9 Å².